The molecule has 0 saturated heterocycles. The number of nitrogens with zero attached hydrogens (tertiary/aromatic N) is 2. The Labute approximate surface area is 255 Å². The molecule has 1 radical (unpaired) electrons. The maximum Gasteiger partial charge on any atom is 0.0536 e. The van der Waals surface area contributed by atoms with E-state index in [1.54, 1.807) is 26.2 Å². The van der Waals surface area contributed by atoms with Crippen molar-refractivity contribution in [2.24, 2.45) is 0 Å². The predicted molar refractivity (Wildman–Crippen MR) is 162 cm³/mol. The molecule has 2 aromatic carbocycles. The van der Waals surface area contributed by atoms with Gasteiger partial charge in [-0.15, -0.1) is 70.8 Å². The fourth-order valence-electron chi connectivity index (χ4n) is 3.64. The van der Waals surface area contributed by atoms with Crippen molar-refractivity contribution in [2.75, 3.05) is 0 Å². The Bertz CT molecular complexity index is 1110. The van der Waals surface area contributed by atoms with Crippen LogP contribution < -0.4 is 0 Å². The summed E-state index contributed by atoms with van der Waals surface area (Å²) in [5, 5.41) is 17.1. The van der Waals surface area contributed by atoms with Gasteiger partial charge in [0, 0.05) is 32.5 Å². The molecule has 0 amide bonds. The van der Waals surface area contributed by atoms with Gasteiger partial charge in [0.15, 0.2) is 0 Å². The van der Waals surface area contributed by atoms with Crippen LogP contribution in [0.25, 0.3) is 22.5 Å². The molecule has 2 N–H and O–H groups in total. The maximum atomic E-state index is 8.56. The molecule has 40 heavy (non-hydrogen) atoms. The summed E-state index contributed by atoms with van der Waals surface area (Å²) in [6.45, 7) is 16.5. The summed E-state index contributed by atoms with van der Waals surface area (Å²) in [5.74, 6) is 0. The molecule has 2 aromatic heterocycles. The third kappa shape index (κ3) is 12.7. The second kappa shape index (κ2) is 16.5. The van der Waals surface area contributed by atoms with Crippen molar-refractivity contribution in [3.05, 3.63) is 108 Å². The summed E-state index contributed by atoms with van der Waals surface area (Å²) in [6, 6.07) is 31.0. The Morgan fingerprint density at radius 1 is 0.625 bits per heavy atom. The van der Waals surface area contributed by atoms with Crippen LogP contribution in [0.5, 0.6) is 0 Å². The van der Waals surface area contributed by atoms with Crippen molar-refractivity contribution in [3.63, 3.8) is 0 Å². The van der Waals surface area contributed by atoms with Gasteiger partial charge in [-0.2, -0.15) is 0 Å². The van der Waals surface area contributed by atoms with Crippen LogP contribution in [0.1, 0.15) is 72.9 Å². The molecule has 217 valence electrons. The molecule has 0 saturated carbocycles. The fraction of sp³-hybridized carbons (Fsp3) is 0.371. The van der Waals surface area contributed by atoms with E-state index in [9.17, 15) is 0 Å². The summed E-state index contributed by atoms with van der Waals surface area (Å²) in [5.41, 5.74) is 7.01. The van der Waals surface area contributed by atoms with E-state index in [0.717, 1.165) is 22.5 Å². The quantitative estimate of drug-likeness (QED) is 0.212. The third-order valence-corrected chi connectivity index (χ3v) is 5.92. The van der Waals surface area contributed by atoms with Crippen molar-refractivity contribution in [2.45, 2.75) is 84.8 Å². The summed E-state index contributed by atoms with van der Waals surface area (Å²) in [6.07, 6.45) is 3.34. The molecular formula is C35H44IrN2O2-2. The van der Waals surface area contributed by atoms with Gasteiger partial charge in [0.25, 0.3) is 0 Å². The van der Waals surface area contributed by atoms with E-state index >= 15 is 0 Å². The minimum absolute atomic E-state index is 0. The molecule has 0 spiro atoms. The van der Waals surface area contributed by atoms with E-state index in [2.05, 4.69) is 100 Å². The van der Waals surface area contributed by atoms with Gasteiger partial charge in [-0.05, 0) is 54.6 Å². The topological polar surface area (TPSA) is 66.2 Å². The van der Waals surface area contributed by atoms with Gasteiger partial charge in [0.05, 0.1) is 12.2 Å². The van der Waals surface area contributed by atoms with Crippen LogP contribution >= 0.6 is 0 Å². The molecule has 4 aromatic rings. The predicted octanol–water partition coefficient (Wildman–Crippen LogP) is 7.83. The zero-order chi connectivity index (χ0) is 29.1. The number of rotatable bonds is 4. The molecule has 4 rings (SSSR count). The molecule has 0 aliphatic heterocycles. The van der Waals surface area contributed by atoms with E-state index in [0.29, 0.717) is 6.42 Å². The average Bonchev–Trinajstić information content (AvgIpc) is 2.89. The third-order valence-electron chi connectivity index (χ3n) is 5.92. The number of aliphatic hydroxyl groups excluding tert-OH is 2. The van der Waals surface area contributed by atoms with Crippen molar-refractivity contribution in [1.82, 2.24) is 9.97 Å². The van der Waals surface area contributed by atoms with Gasteiger partial charge in [-0.1, -0.05) is 65.8 Å². The van der Waals surface area contributed by atoms with E-state index in [-0.39, 0.29) is 43.1 Å². The van der Waals surface area contributed by atoms with Crippen molar-refractivity contribution in [1.29, 1.82) is 0 Å². The molecule has 0 aliphatic rings. The Morgan fingerprint density at radius 2 is 1.00 bits per heavy atom. The molecule has 0 fully saturated rings. The van der Waals surface area contributed by atoms with E-state index in [1.807, 2.05) is 36.4 Å². The summed E-state index contributed by atoms with van der Waals surface area (Å²) in [7, 11) is 0. The largest absolute Gasteiger partial charge is 0.393 e. The second-order valence-corrected chi connectivity index (χ2v) is 11.8. The molecule has 4 nitrogen and oxygen atoms in total. The van der Waals surface area contributed by atoms with Crippen LogP contribution in [0.3, 0.4) is 0 Å². The standard InChI is InChI=1S/2C15H16N.C5H12O2.Ir/c2*1-15(2,3)13-9-7-12(8-10-13)14-6-4-5-11-16-14;1-4(6)3-5(2)7;/h2*4-7,9-11H,1-3H3;4-7H,3H2,1-2H3;/q2*-1;;. The van der Waals surface area contributed by atoms with Gasteiger partial charge >= 0.3 is 0 Å². The Kier molecular flexibility index (Phi) is 14.6. The number of hydrogen-bond acceptors (Lipinski definition) is 4. The molecule has 5 heteroatoms. The van der Waals surface area contributed by atoms with Crippen molar-refractivity contribution >= 4 is 0 Å². The monoisotopic (exact) mass is 717 g/mol. The van der Waals surface area contributed by atoms with Crippen molar-refractivity contribution < 1.29 is 30.3 Å². The van der Waals surface area contributed by atoms with Crippen LogP contribution in [-0.2, 0) is 30.9 Å². The van der Waals surface area contributed by atoms with E-state index in [1.165, 1.54) is 11.1 Å². The minimum Gasteiger partial charge on any atom is -0.393 e. The minimum atomic E-state index is -0.375. The molecule has 2 unspecified atom stereocenters. The summed E-state index contributed by atoms with van der Waals surface area (Å²) in [4.78, 5) is 8.62. The van der Waals surface area contributed by atoms with Crippen LogP contribution in [-0.4, -0.2) is 32.4 Å². The van der Waals surface area contributed by atoms with Crippen molar-refractivity contribution in [3.8, 4) is 22.5 Å². The number of aliphatic hydroxyl groups is 2. The Balaban J connectivity index is 0.000000320. The second-order valence-electron chi connectivity index (χ2n) is 11.8. The molecular weight excluding hydrogens is 673 g/mol. The first-order valence-electron chi connectivity index (χ1n) is 13.5. The van der Waals surface area contributed by atoms with Crippen LogP contribution in [0.15, 0.2) is 85.2 Å². The van der Waals surface area contributed by atoms with Gasteiger partial charge in [-0.3, -0.25) is 0 Å². The number of hydrogen-bond donors (Lipinski definition) is 2. The first kappa shape index (κ1) is 35.3. The Hall–Kier alpha value is -2.69. The van der Waals surface area contributed by atoms with E-state index in [4.69, 9.17) is 10.2 Å². The van der Waals surface area contributed by atoms with Gasteiger partial charge in [-0.25, -0.2) is 0 Å². The smallest absolute Gasteiger partial charge is 0.0536 e. The SMILES string of the molecule is CC(C)(C)c1c[c-]c(-c2ccccn2)cc1.CC(C)(C)c1c[c-]c(-c2ccccn2)cc1.CC(O)CC(C)O.[Ir]. The normalized spacial score (nSPS) is 12.4. The van der Waals surface area contributed by atoms with E-state index < -0.39 is 0 Å². The first-order chi connectivity index (χ1) is 18.3. The molecule has 2 atom stereocenters. The summed E-state index contributed by atoms with van der Waals surface area (Å²) < 4.78 is 0. The van der Waals surface area contributed by atoms with Gasteiger partial charge in [0.1, 0.15) is 0 Å². The average molecular weight is 717 g/mol. The van der Waals surface area contributed by atoms with Crippen LogP contribution in [0.4, 0.5) is 0 Å². The zero-order valence-electron chi connectivity index (χ0n) is 25.1. The van der Waals surface area contributed by atoms with Crippen LogP contribution in [0.2, 0.25) is 0 Å². The van der Waals surface area contributed by atoms with Crippen LogP contribution in [0, 0.1) is 12.1 Å². The zero-order valence-corrected chi connectivity index (χ0v) is 27.5. The fourth-order valence-corrected chi connectivity index (χ4v) is 3.64. The van der Waals surface area contributed by atoms with Gasteiger partial charge < -0.3 is 20.2 Å². The molecule has 2 heterocycles. The number of pyridine rings is 2. The first-order valence-corrected chi connectivity index (χ1v) is 13.5. The maximum absolute atomic E-state index is 8.56. The molecule has 0 bridgehead atoms. The molecule has 0 aliphatic carbocycles. The van der Waals surface area contributed by atoms with Gasteiger partial charge in [0.2, 0.25) is 0 Å². The Morgan fingerprint density at radius 3 is 1.20 bits per heavy atom. The number of benzene rings is 2. The number of aromatic nitrogens is 2. The summed E-state index contributed by atoms with van der Waals surface area (Å²) >= 11 is 0.